The van der Waals surface area contributed by atoms with E-state index in [0.29, 0.717) is 21.7 Å². The second-order valence-corrected chi connectivity index (χ2v) is 7.94. The van der Waals surface area contributed by atoms with E-state index in [4.69, 9.17) is 21.1 Å². The monoisotopic (exact) mass is 496 g/mol. The molecular weight excluding hydrogens is 477 g/mol. The van der Waals surface area contributed by atoms with E-state index < -0.39 is 30.6 Å². The standard InChI is InChI=1S/C22H20ClF3N4O4/c1-33-15-7-6-11(8-16(15)34-2)14-10-17(22(24,25)26)30-20(28-14)18(23)19(29-30)21(32)27-12-4-3-5-13(31)9-12/h3-9,14,17,28,31H,10H2,1-2H3,(H,27,32)/t14-,17-/m1/s1. The maximum absolute atomic E-state index is 14.0. The second kappa shape index (κ2) is 8.98. The van der Waals surface area contributed by atoms with E-state index in [1.807, 2.05) is 0 Å². The number of phenolic OH excluding ortho intramolecular Hbond substituents is 1. The molecule has 8 nitrogen and oxygen atoms in total. The number of ether oxygens (including phenoxy) is 2. The van der Waals surface area contributed by atoms with E-state index >= 15 is 0 Å². The van der Waals surface area contributed by atoms with Gasteiger partial charge in [-0.05, 0) is 29.8 Å². The van der Waals surface area contributed by atoms with E-state index in [0.717, 1.165) is 0 Å². The molecule has 0 saturated carbocycles. The summed E-state index contributed by atoms with van der Waals surface area (Å²) >= 11 is 6.34. The Hall–Kier alpha value is -3.60. The molecule has 0 unspecified atom stereocenters. The Morgan fingerprint density at radius 3 is 2.59 bits per heavy atom. The van der Waals surface area contributed by atoms with Gasteiger partial charge in [-0.2, -0.15) is 18.3 Å². The molecule has 2 heterocycles. The smallest absolute Gasteiger partial charge is 0.410 e. The Morgan fingerprint density at radius 1 is 1.21 bits per heavy atom. The van der Waals surface area contributed by atoms with Gasteiger partial charge in [-0.15, -0.1) is 0 Å². The fourth-order valence-corrected chi connectivity index (χ4v) is 4.06. The first kappa shape index (κ1) is 23.6. The number of aromatic nitrogens is 2. The van der Waals surface area contributed by atoms with Crippen LogP contribution < -0.4 is 20.1 Å². The number of anilines is 2. The second-order valence-electron chi connectivity index (χ2n) is 7.56. The van der Waals surface area contributed by atoms with Gasteiger partial charge in [-0.3, -0.25) is 4.79 Å². The fraction of sp³-hybridized carbons (Fsp3) is 0.273. The van der Waals surface area contributed by atoms with Crippen molar-refractivity contribution in [3.8, 4) is 17.2 Å². The molecule has 0 aliphatic carbocycles. The molecule has 0 fully saturated rings. The third-order valence-electron chi connectivity index (χ3n) is 5.42. The van der Waals surface area contributed by atoms with Crippen molar-refractivity contribution in [2.75, 3.05) is 24.9 Å². The highest BCUT2D eigenvalue weighted by Crippen LogP contribution is 2.47. The number of alkyl halides is 3. The van der Waals surface area contributed by atoms with Crippen molar-refractivity contribution in [1.29, 1.82) is 0 Å². The molecule has 4 rings (SSSR count). The summed E-state index contributed by atoms with van der Waals surface area (Å²) in [5, 5.41) is 18.7. The lowest BCUT2D eigenvalue weighted by Crippen LogP contribution is -2.35. The predicted octanol–water partition coefficient (Wildman–Crippen LogP) is 5.17. The lowest BCUT2D eigenvalue weighted by molar-refractivity contribution is -0.173. The zero-order chi connectivity index (χ0) is 24.6. The third-order valence-corrected chi connectivity index (χ3v) is 5.78. The molecule has 1 aliphatic heterocycles. The molecule has 0 spiro atoms. The number of halogens is 4. The van der Waals surface area contributed by atoms with E-state index in [9.17, 15) is 23.1 Å². The molecule has 0 saturated heterocycles. The zero-order valence-corrected chi connectivity index (χ0v) is 18.7. The molecule has 0 bridgehead atoms. The maximum atomic E-state index is 14.0. The minimum absolute atomic E-state index is 0.0930. The molecule has 34 heavy (non-hydrogen) atoms. The van der Waals surface area contributed by atoms with Gasteiger partial charge in [0.05, 0.1) is 20.3 Å². The molecular formula is C22H20ClF3N4O4. The zero-order valence-electron chi connectivity index (χ0n) is 18.0. The van der Waals surface area contributed by atoms with Crippen molar-refractivity contribution in [2.45, 2.75) is 24.7 Å². The molecule has 2 aromatic carbocycles. The minimum atomic E-state index is -4.65. The van der Waals surface area contributed by atoms with Gasteiger partial charge in [0, 0.05) is 18.2 Å². The summed E-state index contributed by atoms with van der Waals surface area (Å²) < 4.78 is 53.2. The lowest BCUT2D eigenvalue weighted by Gasteiger charge is -2.33. The number of carbonyl (C=O) groups excluding carboxylic acids is 1. The summed E-state index contributed by atoms with van der Waals surface area (Å²) in [5.74, 6) is -0.242. The number of aromatic hydroxyl groups is 1. The van der Waals surface area contributed by atoms with Gasteiger partial charge in [0.2, 0.25) is 0 Å². The van der Waals surface area contributed by atoms with Crippen LogP contribution in [0.2, 0.25) is 5.02 Å². The van der Waals surface area contributed by atoms with Crippen LogP contribution in [0.4, 0.5) is 24.7 Å². The number of phenols is 1. The third kappa shape index (κ3) is 4.43. The largest absolute Gasteiger partial charge is 0.508 e. The van der Waals surface area contributed by atoms with Crippen LogP contribution in [0.15, 0.2) is 42.5 Å². The summed E-state index contributed by atoms with van der Waals surface area (Å²) in [7, 11) is 2.88. The average Bonchev–Trinajstić information content (AvgIpc) is 3.13. The highest BCUT2D eigenvalue weighted by atomic mass is 35.5. The Labute approximate surface area is 197 Å². The number of amides is 1. The van der Waals surface area contributed by atoms with Crippen molar-refractivity contribution in [3.05, 3.63) is 58.7 Å². The van der Waals surface area contributed by atoms with Crippen LogP contribution in [0.5, 0.6) is 17.2 Å². The average molecular weight is 497 g/mol. The number of nitrogens with zero attached hydrogens (tertiary/aromatic N) is 2. The summed E-state index contributed by atoms with van der Waals surface area (Å²) in [5.41, 5.74) is 0.367. The van der Waals surface area contributed by atoms with Crippen LogP contribution in [0.25, 0.3) is 0 Å². The molecule has 180 valence electrons. The van der Waals surface area contributed by atoms with E-state index in [1.54, 1.807) is 18.2 Å². The van der Waals surface area contributed by atoms with Crippen molar-refractivity contribution in [1.82, 2.24) is 9.78 Å². The first-order valence-corrected chi connectivity index (χ1v) is 10.4. The van der Waals surface area contributed by atoms with Gasteiger partial charge < -0.3 is 25.2 Å². The Bertz CT molecular complexity index is 1230. The first-order valence-electron chi connectivity index (χ1n) is 10.1. The lowest BCUT2D eigenvalue weighted by atomic mass is 9.96. The van der Waals surface area contributed by atoms with E-state index in [2.05, 4.69) is 15.7 Å². The van der Waals surface area contributed by atoms with Crippen LogP contribution in [0.3, 0.4) is 0 Å². The topological polar surface area (TPSA) is 97.6 Å². The molecule has 0 radical (unpaired) electrons. The summed E-state index contributed by atoms with van der Waals surface area (Å²) in [6.07, 6.45) is -5.04. The molecule has 3 aromatic rings. The van der Waals surface area contributed by atoms with Crippen molar-refractivity contribution < 1.29 is 32.5 Å². The molecule has 1 amide bonds. The van der Waals surface area contributed by atoms with Gasteiger partial charge in [0.1, 0.15) is 16.6 Å². The van der Waals surface area contributed by atoms with Gasteiger partial charge in [0.25, 0.3) is 5.91 Å². The van der Waals surface area contributed by atoms with Crippen molar-refractivity contribution >= 4 is 29.0 Å². The molecule has 1 aliphatic rings. The minimum Gasteiger partial charge on any atom is -0.508 e. The summed E-state index contributed by atoms with van der Waals surface area (Å²) in [6.45, 7) is 0. The van der Waals surface area contributed by atoms with Gasteiger partial charge in [-0.25, -0.2) is 4.68 Å². The fourth-order valence-electron chi connectivity index (χ4n) is 3.80. The molecule has 12 heteroatoms. The Kier molecular flexibility index (Phi) is 6.22. The highest BCUT2D eigenvalue weighted by molar-refractivity contribution is 6.36. The quantitative estimate of drug-likeness (QED) is 0.451. The Balaban J connectivity index is 1.71. The summed E-state index contributed by atoms with van der Waals surface area (Å²) in [6, 6.07) is 7.68. The SMILES string of the molecule is COc1ccc([C@H]2C[C@H](C(F)(F)F)n3nc(C(=O)Nc4cccc(O)c4)c(Cl)c3N2)cc1OC. The van der Waals surface area contributed by atoms with Crippen LogP contribution in [0, 0.1) is 0 Å². The van der Waals surface area contributed by atoms with Gasteiger partial charge in [0.15, 0.2) is 23.2 Å². The highest BCUT2D eigenvalue weighted by Gasteiger charge is 2.48. The summed E-state index contributed by atoms with van der Waals surface area (Å²) in [4.78, 5) is 12.7. The number of hydrogen-bond acceptors (Lipinski definition) is 6. The molecule has 3 N–H and O–H groups in total. The van der Waals surface area contributed by atoms with Crippen LogP contribution in [-0.4, -0.2) is 41.2 Å². The molecule has 1 aromatic heterocycles. The van der Waals surface area contributed by atoms with Crippen molar-refractivity contribution in [2.24, 2.45) is 0 Å². The number of rotatable bonds is 5. The normalized spacial score (nSPS) is 17.5. The number of fused-ring (bicyclic) bond motifs is 1. The van der Waals surface area contributed by atoms with E-state index in [-0.39, 0.29) is 28.0 Å². The number of carbonyl (C=O) groups is 1. The van der Waals surface area contributed by atoms with E-state index in [1.165, 1.54) is 38.5 Å². The van der Waals surface area contributed by atoms with Crippen LogP contribution in [-0.2, 0) is 0 Å². The predicted molar refractivity (Wildman–Crippen MR) is 119 cm³/mol. The number of hydrogen-bond donors (Lipinski definition) is 3. The number of methoxy groups -OCH3 is 2. The maximum Gasteiger partial charge on any atom is 0.410 e. The van der Waals surface area contributed by atoms with Gasteiger partial charge >= 0.3 is 6.18 Å². The van der Waals surface area contributed by atoms with Crippen molar-refractivity contribution in [3.63, 3.8) is 0 Å². The van der Waals surface area contributed by atoms with Crippen LogP contribution in [0.1, 0.15) is 34.6 Å². The van der Waals surface area contributed by atoms with Crippen LogP contribution >= 0.6 is 11.6 Å². The number of nitrogens with one attached hydrogen (secondary N) is 2. The number of benzene rings is 2. The molecule has 2 atom stereocenters. The first-order chi connectivity index (χ1) is 16.1. The van der Waals surface area contributed by atoms with Gasteiger partial charge in [-0.1, -0.05) is 23.7 Å². The Morgan fingerprint density at radius 2 is 1.94 bits per heavy atom.